The number of halogens is 1. The Labute approximate surface area is 158 Å². The molecule has 0 aliphatic heterocycles. The van der Waals surface area contributed by atoms with E-state index in [0.29, 0.717) is 29.2 Å². The number of benzene rings is 2. The molecule has 2 aromatic rings. The summed E-state index contributed by atoms with van der Waals surface area (Å²) < 4.78 is 30.1. The molecule has 0 fully saturated rings. The molecule has 0 unspecified atom stereocenters. The molecule has 0 spiro atoms. The van der Waals surface area contributed by atoms with Gasteiger partial charge in [0.25, 0.3) is 0 Å². The van der Waals surface area contributed by atoms with Crippen LogP contribution in [-0.2, 0) is 15.9 Å². The van der Waals surface area contributed by atoms with Gasteiger partial charge in [-0.1, -0.05) is 13.3 Å². The van der Waals surface area contributed by atoms with E-state index in [1.807, 2.05) is 6.92 Å². The first kappa shape index (κ1) is 20.7. The molecule has 0 amide bonds. The average molecular weight is 376 g/mol. The van der Waals surface area contributed by atoms with Crippen LogP contribution in [-0.4, -0.2) is 31.8 Å². The summed E-state index contributed by atoms with van der Waals surface area (Å²) in [6.07, 6.45) is 1.18. The van der Waals surface area contributed by atoms with Crippen LogP contribution in [0, 0.1) is 5.82 Å². The number of carbonyl (C=O) groups is 2. The first-order valence-electron chi connectivity index (χ1n) is 9.25. The van der Waals surface area contributed by atoms with Gasteiger partial charge in [-0.2, -0.15) is 0 Å². The second-order valence-corrected chi connectivity index (χ2v) is 5.87. The number of ether oxygens (including phenoxy) is 3. The van der Waals surface area contributed by atoms with Crippen LogP contribution in [0.4, 0.5) is 4.39 Å². The fraction of sp³-hybridized carbons (Fsp3) is 0.429. The number of carbonyl (C=O) groups excluding carboxylic acids is 2. The Balaban J connectivity index is 3.00. The van der Waals surface area contributed by atoms with Gasteiger partial charge in [-0.05, 0) is 56.3 Å². The van der Waals surface area contributed by atoms with Crippen molar-refractivity contribution in [3.05, 3.63) is 40.7 Å². The Morgan fingerprint density at radius 1 is 0.889 bits per heavy atom. The first-order chi connectivity index (χ1) is 13.0. The Morgan fingerprint density at radius 3 is 2.07 bits per heavy atom. The maximum Gasteiger partial charge on any atom is 0.342 e. The summed E-state index contributed by atoms with van der Waals surface area (Å²) in [5.41, 5.74) is 0.704. The van der Waals surface area contributed by atoms with E-state index in [2.05, 4.69) is 0 Å². The molecule has 0 aliphatic rings. The molecule has 0 saturated heterocycles. The second kappa shape index (κ2) is 9.35. The lowest BCUT2D eigenvalue weighted by Gasteiger charge is -2.20. The smallest absolute Gasteiger partial charge is 0.342 e. The van der Waals surface area contributed by atoms with Crippen LogP contribution < -0.4 is 4.74 Å². The summed E-state index contributed by atoms with van der Waals surface area (Å²) in [5.74, 6) is -1.52. The van der Waals surface area contributed by atoms with Crippen molar-refractivity contribution in [2.45, 2.75) is 40.5 Å². The maximum atomic E-state index is 14.0. The van der Waals surface area contributed by atoms with Gasteiger partial charge < -0.3 is 14.2 Å². The predicted molar refractivity (Wildman–Crippen MR) is 101 cm³/mol. The molecule has 5 nitrogen and oxygen atoms in total. The van der Waals surface area contributed by atoms with Crippen LogP contribution in [0.3, 0.4) is 0 Å². The van der Waals surface area contributed by atoms with Gasteiger partial charge in [0.1, 0.15) is 17.1 Å². The third-order valence-corrected chi connectivity index (χ3v) is 4.08. The zero-order valence-electron chi connectivity index (χ0n) is 16.2. The summed E-state index contributed by atoms with van der Waals surface area (Å²) in [5, 5.41) is 1.11. The fourth-order valence-corrected chi connectivity index (χ4v) is 3.13. The highest BCUT2D eigenvalue weighted by molar-refractivity contribution is 6.13. The fourth-order valence-electron chi connectivity index (χ4n) is 3.13. The molecule has 2 rings (SSSR count). The second-order valence-electron chi connectivity index (χ2n) is 5.87. The van der Waals surface area contributed by atoms with E-state index in [0.717, 1.165) is 0 Å². The molecule has 0 radical (unpaired) electrons. The van der Waals surface area contributed by atoms with Crippen molar-refractivity contribution in [3.8, 4) is 5.75 Å². The number of esters is 2. The molecule has 0 heterocycles. The number of hydrogen-bond donors (Lipinski definition) is 0. The van der Waals surface area contributed by atoms with E-state index in [4.69, 9.17) is 14.2 Å². The highest BCUT2D eigenvalue weighted by Gasteiger charge is 2.30. The Morgan fingerprint density at radius 2 is 1.52 bits per heavy atom. The highest BCUT2D eigenvalue weighted by Crippen LogP contribution is 2.38. The average Bonchev–Trinajstić information content (AvgIpc) is 2.63. The summed E-state index contributed by atoms with van der Waals surface area (Å²) in [6.45, 7) is 7.66. The zero-order valence-corrected chi connectivity index (χ0v) is 16.2. The Kier molecular flexibility index (Phi) is 7.16. The van der Waals surface area contributed by atoms with Gasteiger partial charge in [0.05, 0.1) is 25.4 Å². The monoisotopic (exact) mass is 376 g/mol. The predicted octanol–water partition coefficient (Wildman–Crippen LogP) is 4.68. The van der Waals surface area contributed by atoms with Crippen LogP contribution in [0.1, 0.15) is 60.4 Å². The summed E-state index contributed by atoms with van der Waals surface area (Å²) in [4.78, 5) is 25.5. The van der Waals surface area contributed by atoms with Gasteiger partial charge in [-0.3, -0.25) is 0 Å². The molecule has 0 bridgehead atoms. The molecular formula is C21H25FO5. The molecular weight excluding hydrogens is 351 g/mol. The van der Waals surface area contributed by atoms with Gasteiger partial charge in [0.2, 0.25) is 0 Å². The van der Waals surface area contributed by atoms with Crippen molar-refractivity contribution in [2.75, 3.05) is 19.8 Å². The topological polar surface area (TPSA) is 61.8 Å². The van der Waals surface area contributed by atoms with Crippen LogP contribution in [0.5, 0.6) is 5.75 Å². The molecule has 0 aliphatic carbocycles. The van der Waals surface area contributed by atoms with Gasteiger partial charge in [-0.25, -0.2) is 14.0 Å². The van der Waals surface area contributed by atoms with Crippen LogP contribution in [0.15, 0.2) is 18.2 Å². The van der Waals surface area contributed by atoms with Crippen LogP contribution >= 0.6 is 0 Å². The number of rotatable bonds is 8. The van der Waals surface area contributed by atoms with E-state index < -0.39 is 17.8 Å². The lowest BCUT2D eigenvalue weighted by molar-refractivity contribution is 0.0474. The zero-order chi connectivity index (χ0) is 20.0. The quantitative estimate of drug-likeness (QED) is 0.626. The molecule has 6 heteroatoms. The molecule has 27 heavy (non-hydrogen) atoms. The summed E-state index contributed by atoms with van der Waals surface area (Å²) in [6, 6.07) is 4.23. The minimum atomic E-state index is -0.660. The molecule has 2 aromatic carbocycles. The van der Waals surface area contributed by atoms with Crippen molar-refractivity contribution >= 4 is 22.7 Å². The van der Waals surface area contributed by atoms with E-state index in [-0.39, 0.29) is 36.7 Å². The van der Waals surface area contributed by atoms with Crippen LogP contribution in [0.2, 0.25) is 0 Å². The third-order valence-electron chi connectivity index (χ3n) is 4.08. The molecule has 146 valence electrons. The largest absolute Gasteiger partial charge is 0.492 e. The van der Waals surface area contributed by atoms with Gasteiger partial charge in [-0.15, -0.1) is 0 Å². The maximum absolute atomic E-state index is 14.0. The van der Waals surface area contributed by atoms with Crippen molar-refractivity contribution in [1.29, 1.82) is 0 Å². The van der Waals surface area contributed by atoms with Crippen molar-refractivity contribution in [1.82, 2.24) is 0 Å². The standard InChI is InChI=1S/C21H25FO5/c1-5-9-14-16-12-13(22)10-11-15(16)19(25-6-2)18(21(24)27-8-4)17(14)20(23)26-7-3/h10-12H,5-9H2,1-4H3. The van der Waals surface area contributed by atoms with Crippen LogP contribution in [0.25, 0.3) is 10.8 Å². The molecule has 0 atom stereocenters. The SMILES string of the molecule is CCCc1c(C(=O)OCC)c(C(=O)OCC)c(OCC)c2ccc(F)cc12. The first-order valence-corrected chi connectivity index (χ1v) is 9.25. The van der Waals surface area contributed by atoms with E-state index in [9.17, 15) is 14.0 Å². The van der Waals surface area contributed by atoms with E-state index >= 15 is 0 Å². The van der Waals surface area contributed by atoms with Gasteiger partial charge in [0, 0.05) is 5.39 Å². The normalized spacial score (nSPS) is 10.7. The summed E-state index contributed by atoms with van der Waals surface area (Å²) >= 11 is 0. The number of fused-ring (bicyclic) bond motifs is 1. The molecule has 0 N–H and O–H groups in total. The van der Waals surface area contributed by atoms with E-state index in [1.165, 1.54) is 12.1 Å². The lowest BCUT2D eigenvalue weighted by Crippen LogP contribution is -2.19. The lowest BCUT2D eigenvalue weighted by atomic mass is 9.90. The van der Waals surface area contributed by atoms with Crippen molar-refractivity contribution < 1.29 is 28.2 Å². The van der Waals surface area contributed by atoms with E-state index in [1.54, 1.807) is 26.8 Å². The summed E-state index contributed by atoms with van der Waals surface area (Å²) in [7, 11) is 0. The van der Waals surface area contributed by atoms with Crippen molar-refractivity contribution in [3.63, 3.8) is 0 Å². The minimum absolute atomic E-state index is 0.0414. The third kappa shape index (κ3) is 4.21. The molecule has 0 saturated carbocycles. The van der Waals surface area contributed by atoms with Gasteiger partial charge >= 0.3 is 11.9 Å². The number of hydrogen-bond acceptors (Lipinski definition) is 5. The Bertz CT molecular complexity index is 844. The number of aryl methyl sites for hydroxylation is 1. The van der Waals surface area contributed by atoms with Gasteiger partial charge in [0.15, 0.2) is 0 Å². The Hall–Kier alpha value is -2.63. The molecule has 0 aromatic heterocycles. The highest BCUT2D eigenvalue weighted by atomic mass is 19.1. The minimum Gasteiger partial charge on any atom is -0.492 e. The van der Waals surface area contributed by atoms with Crippen molar-refractivity contribution in [2.24, 2.45) is 0 Å².